The normalized spacial score (nSPS) is 7.48. The van der Waals surface area contributed by atoms with Crippen molar-refractivity contribution in [3.05, 3.63) is 72.6 Å². The summed E-state index contributed by atoms with van der Waals surface area (Å²) in [5.74, 6) is 0. The van der Waals surface area contributed by atoms with Gasteiger partial charge in [-0.05, 0) is 36.4 Å². The molecule has 0 atom stereocenters. The Bertz CT molecular complexity index is 471. The standard InChI is InChI=1S/2C5H5NO.C4H5N.2C2H6/c2*7-4-5-2-1-3-6-5;1-2-4-5-3-1;2*1-2/h2*1-4,6H;1-5H;2*1-2H3. The number of hydrogen-bond donors (Lipinski definition) is 3. The van der Waals surface area contributed by atoms with Crippen LogP contribution in [0.1, 0.15) is 48.7 Å². The molecule has 0 aliphatic rings. The lowest BCUT2D eigenvalue weighted by Crippen LogP contribution is -1.72. The molecule has 0 aliphatic heterocycles. The Labute approximate surface area is 138 Å². The molecule has 5 heteroatoms. The minimum Gasteiger partial charge on any atom is -0.368 e. The zero-order valence-electron chi connectivity index (χ0n) is 14.2. The summed E-state index contributed by atoms with van der Waals surface area (Å²) >= 11 is 0. The van der Waals surface area contributed by atoms with Crippen molar-refractivity contribution in [1.82, 2.24) is 15.0 Å². The van der Waals surface area contributed by atoms with Gasteiger partial charge in [-0.3, -0.25) is 9.59 Å². The van der Waals surface area contributed by atoms with Crippen LogP contribution in [0.5, 0.6) is 0 Å². The second-order valence-electron chi connectivity index (χ2n) is 3.37. The first-order valence-electron chi connectivity index (χ1n) is 7.61. The first kappa shape index (κ1) is 22.5. The summed E-state index contributed by atoms with van der Waals surface area (Å²) in [6, 6.07) is 10.9. The van der Waals surface area contributed by atoms with Crippen molar-refractivity contribution in [3.63, 3.8) is 0 Å². The summed E-state index contributed by atoms with van der Waals surface area (Å²) in [5, 5.41) is 0. The molecular formula is C18H27N3O2. The average molecular weight is 317 g/mol. The Morgan fingerprint density at radius 3 is 1.17 bits per heavy atom. The van der Waals surface area contributed by atoms with Crippen LogP contribution in [0.4, 0.5) is 0 Å². The molecule has 3 N–H and O–H groups in total. The van der Waals surface area contributed by atoms with Crippen LogP contribution in [0, 0.1) is 0 Å². The molecule has 0 fully saturated rings. The van der Waals surface area contributed by atoms with Gasteiger partial charge in [0, 0.05) is 24.8 Å². The minimum atomic E-state index is 0.625. The van der Waals surface area contributed by atoms with Gasteiger partial charge in [-0.2, -0.15) is 0 Å². The Morgan fingerprint density at radius 1 is 0.652 bits per heavy atom. The number of aromatic amines is 3. The zero-order valence-corrected chi connectivity index (χ0v) is 14.2. The summed E-state index contributed by atoms with van der Waals surface area (Å²) in [7, 11) is 0. The van der Waals surface area contributed by atoms with E-state index in [9.17, 15) is 9.59 Å². The van der Waals surface area contributed by atoms with E-state index in [2.05, 4.69) is 15.0 Å². The number of aldehydes is 2. The first-order valence-corrected chi connectivity index (χ1v) is 7.61. The van der Waals surface area contributed by atoms with Gasteiger partial charge in [0.15, 0.2) is 12.6 Å². The predicted octanol–water partition coefficient (Wildman–Crippen LogP) is 4.72. The third-order valence-corrected chi connectivity index (χ3v) is 1.99. The summed E-state index contributed by atoms with van der Waals surface area (Å²) in [4.78, 5) is 28.0. The molecule has 3 aromatic heterocycles. The van der Waals surface area contributed by atoms with Crippen molar-refractivity contribution in [3.8, 4) is 0 Å². The maximum atomic E-state index is 9.84. The van der Waals surface area contributed by atoms with Gasteiger partial charge in [-0.1, -0.05) is 27.7 Å². The lowest BCUT2D eigenvalue weighted by atomic mass is 10.5. The van der Waals surface area contributed by atoms with Crippen molar-refractivity contribution in [2.45, 2.75) is 27.7 Å². The van der Waals surface area contributed by atoms with Gasteiger partial charge in [-0.15, -0.1) is 0 Å². The first-order chi connectivity index (χ1) is 11.4. The van der Waals surface area contributed by atoms with Crippen molar-refractivity contribution >= 4 is 12.6 Å². The molecule has 5 nitrogen and oxygen atoms in total. The van der Waals surface area contributed by atoms with E-state index in [4.69, 9.17) is 0 Å². The zero-order chi connectivity index (χ0) is 17.8. The van der Waals surface area contributed by atoms with Crippen LogP contribution in [-0.2, 0) is 0 Å². The van der Waals surface area contributed by atoms with E-state index in [1.165, 1.54) is 0 Å². The van der Waals surface area contributed by atoms with E-state index < -0.39 is 0 Å². The quantitative estimate of drug-likeness (QED) is 0.598. The number of nitrogens with one attached hydrogen (secondary N) is 3. The van der Waals surface area contributed by atoms with E-state index >= 15 is 0 Å². The van der Waals surface area contributed by atoms with E-state index in [1.54, 1.807) is 36.7 Å². The highest BCUT2D eigenvalue weighted by molar-refractivity contribution is 5.71. The highest BCUT2D eigenvalue weighted by Crippen LogP contribution is 1.86. The van der Waals surface area contributed by atoms with Gasteiger partial charge in [0.25, 0.3) is 0 Å². The Morgan fingerprint density at radius 2 is 1.04 bits per heavy atom. The maximum absolute atomic E-state index is 9.84. The number of carbonyl (C=O) groups excluding carboxylic acids is 2. The third-order valence-electron chi connectivity index (χ3n) is 1.99. The van der Waals surface area contributed by atoms with Crippen LogP contribution >= 0.6 is 0 Å². The van der Waals surface area contributed by atoms with Crippen LogP contribution in [0.15, 0.2) is 61.2 Å². The lowest BCUT2D eigenvalue weighted by molar-refractivity contribution is 0.111. The van der Waals surface area contributed by atoms with Crippen molar-refractivity contribution < 1.29 is 9.59 Å². The molecule has 3 aromatic rings. The predicted molar refractivity (Wildman–Crippen MR) is 95.8 cm³/mol. The molecule has 0 bridgehead atoms. The molecular weight excluding hydrogens is 290 g/mol. The van der Waals surface area contributed by atoms with E-state index in [0.717, 1.165) is 12.6 Å². The van der Waals surface area contributed by atoms with Gasteiger partial charge in [0.1, 0.15) is 0 Å². The smallest absolute Gasteiger partial charge is 0.166 e. The number of aromatic nitrogens is 3. The molecule has 0 saturated heterocycles. The van der Waals surface area contributed by atoms with Crippen LogP contribution in [0.25, 0.3) is 0 Å². The molecule has 0 saturated carbocycles. The highest BCUT2D eigenvalue weighted by Gasteiger charge is 1.81. The Balaban J connectivity index is 0. The maximum Gasteiger partial charge on any atom is 0.166 e. The molecule has 0 aromatic carbocycles. The summed E-state index contributed by atoms with van der Waals surface area (Å²) < 4.78 is 0. The van der Waals surface area contributed by atoms with Gasteiger partial charge in [-0.25, -0.2) is 0 Å². The minimum absolute atomic E-state index is 0.625. The van der Waals surface area contributed by atoms with Crippen LogP contribution in [0.3, 0.4) is 0 Å². The van der Waals surface area contributed by atoms with Gasteiger partial charge >= 0.3 is 0 Å². The molecule has 23 heavy (non-hydrogen) atoms. The van der Waals surface area contributed by atoms with Crippen molar-refractivity contribution in [2.75, 3.05) is 0 Å². The van der Waals surface area contributed by atoms with Crippen LogP contribution in [-0.4, -0.2) is 27.5 Å². The Kier molecular flexibility index (Phi) is 18.7. The van der Waals surface area contributed by atoms with Gasteiger partial charge in [0.2, 0.25) is 0 Å². The second-order valence-corrected chi connectivity index (χ2v) is 3.37. The molecule has 0 radical (unpaired) electrons. The molecule has 126 valence electrons. The monoisotopic (exact) mass is 317 g/mol. The molecule has 0 unspecified atom stereocenters. The highest BCUT2D eigenvalue weighted by atomic mass is 16.1. The number of H-pyrrole nitrogens is 3. The fourth-order valence-electron chi connectivity index (χ4n) is 1.11. The Hall–Kier alpha value is -2.82. The van der Waals surface area contributed by atoms with Gasteiger partial charge in [0.05, 0.1) is 11.4 Å². The number of rotatable bonds is 2. The van der Waals surface area contributed by atoms with E-state index in [1.807, 2.05) is 52.2 Å². The fraction of sp³-hybridized carbons (Fsp3) is 0.222. The average Bonchev–Trinajstić information content (AvgIpc) is 3.44. The fourth-order valence-corrected chi connectivity index (χ4v) is 1.11. The van der Waals surface area contributed by atoms with E-state index in [0.29, 0.717) is 11.4 Å². The van der Waals surface area contributed by atoms with Crippen LogP contribution in [0.2, 0.25) is 0 Å². The van der Waals surface area contributed by atoms with Crippen LogP contribution < -0.4 is 0 Å². The topological polar surface area (TPSA) is 81.5 Å². The molecule has 3 rings (SSSR count). The third kappa shape index (κ3) is 13.9. The molecule has 0 spiro atoms. The summed E-state index contributed by atoms with van der Waals surface area (Å²) in [6.45, 7) is 8.00. The van der Waals surface area contributed by atoms with Gasteiger partial charge < -0.3 is 15.0 Å². The second kappa shape index (κ2) is 19.2. The number of hydrogen-bond acceptors (Lipinski definition) is 2. The SMILES string of the molecule is CC.CC.O=Cc1ccc[nH]1.O=Cc1ccc[nH]1.c1cc[nH]c1. The van der Waals surface area contributed by atoms with Crippen molar-refractivity contribution in [2.24, 2.45) is 0 Å². The van der Waals surface area contributed by atoms with Crippen molar-refractivity contribution in [1.29, 1.82) is 0 Å². The summed E-state index contributed by atoms with van der Waals surface area (Å²) in [5.41, 5.74) is 1.25. The molecule has 3 heterocycles. The molecule has 0 aliphatic carbocycles. The summed E-state index contributed by atoms with van der Waals surface area (Å²) in [6.07, 6.45) is 8.73. The number of carbonyl (C=O) groups is 2. The molecule has 0 amide bonds. The lowest BCUT2D eigenvalue weighted by Gasteiger charge is -1.70. The largest absolute Gasteiger partial charge is 0.368 e. The van der Waals surface area contributed by atoms with E-state index in [-0.39, 0.29) is 0 Å².